The Kier molecular flexibility index (Phi) is 3.75. The maximum absolute atomic E-state index is 10.9. The second kappa shape index (κ2) is 5.29. The van der Waals surface area contributed by atoms with Gasteiger partial charge in [0.25, 0.3) is 0 Å². The maximum atomic E-state index is 10.9. The van der Waals surface area contributed by atoms with Crippen molar-refractivity contribution in [2.75, 3.05) is 0 Å². The highest BCUT2D eigenvalue weighted by atomic mass is 79.9. The first kappa shape index (κ1) is 12.1. The fourth-order valence-corrected chi connectivity index (χ4v) is 2.68. The fraction of sp³-hybridized carbons (Fsp3) is 0.0909. The standard InChI is InChI=1S/C11H8BrNO3S/c12-8-6-17-10(11(14)15)9(8)16-5-7-2-1-3-13-4-7/h1-4,6H,5H2,(H,14,15). The van der Waals surface area contributed by atoms with Crippen LogP contribution < -0.4 is 4.74 Å². The number of aromatic carboxylic acids is 1. The second-order valence-corrected chi connectivity index (χ2v) is 4.93. The molecule has 2 rings (SSSR count). The minimum Gasteiger partial charge on any atom is -0.486 e. The van der Waals surface area contributed by atoms with E-state index in [1.165, 1.54) is 0 Å². The van der Waals surface area contributed by atoms with Crippen molar-refractivity contribution in [3.63, 3.8) is 0 Å². The molecule has 0 bridgehead atoms. The monoisotopic (exact) mass is 313 g/mol. The van der Waals surface area contributed by atoms with Crippen molar-refractivity contribution < 1.29 is 14.6 Å². The number of carboxylic acids is 1. The summed E-state index contributed by atoms with van der Waals surface area (Å²) < 4.78 is 6.15. The van der Waals surface area contributed by atoms with Gasteiger partial charge in [0.2, 0.25) is 0 Å². The molecule has 0 fully saturated rings. The van der Waals surface area contributed by atoms with Gasteiger partial charge >= 0.3 is 5.97 Å². The van der Waals surface area contributed by atoms with Crippen LogP contribution in [0.1, 0.15) is 15.2 Å². The van der Waals surface area contributed by atoms with Crippen molar-refractivity contribution in [1.82, 2.24) is 4.98 Å². The lowest BCUT2D eigenvalue weighted by atomic mass is 10.3. The van der Waals surface area contributed by atoms with Gasteiger partial charge in [-0.15, -0.1) is 11.3 Å². The number of rotatable bonds is 4. The molecule has 0 radical (unpaired) electrons. The van der Waals surface area contributed by atoms with E-state index in [2.05, 4.69) is 20.9 Å². The Morgan fingerprint density at radius 1 is 1.59 bits per heavy atom. The van der Waals surface area contributed by atoms with Crippen molar-refractivity contribution >= 4 is 33.2 Å². The third-order valence-corrected chi connectivity index (χ3v) is 3.84. The van der Waals surface area contributed by atoms with Gasteiger partial charge in [-0.1, -0.05) is 6.07 Å². The van der Waals surface area contributed by atoms with E-state index in [9.17, 15) is 4.79 Å². The van der Waals surface area contributed by atoms with E-state index >= 15 is 0 Å². The van der Waals surface area contributed by atoms with Crippen LogP contribution in [0.2, 0.25) is 0 Å². The molecule has 88 valence electrons. The predicted molar refractivity (Wildman–Crippen MR) is 67.5 cm³/mol. The first-order valence-corrected chi connectivity index (χ1v) is 6.37. The van der Waals surface area contributed by atoms with Gasteiger partial charge < -0.3 is 9.84 Å². The molecule has 2 aromatic rings. The summed E-state index contributed by atoms with van der Waals surface area (Å²) in [5.41, 5.74) is 0.891. The molecule has 0 aromatic carbocycles. The number of ether oxygens (including phenoxy) is 1. The molecule has 0 unspecified atom stereocenters. The zero-order chi connectivity index (χ0) is 12.3. The lowest BCUT2D eigenvalue weighted by molar-refractivity contribution is 0.0697. The molecule has 2 heterocycles. The van der Waals surface area contributed by atoms with Gasteiger partial charge in [-0.25, -0.2) is 4.79 Å². The first-order valence-electron chi connectivity index (χ1n) is 4.70. The number of hydrogen-bond donors (Lipinski definition) is 1. The largest absolute Gasteiger partial charge is 0.486 e. The van der Waals surface area contributed by atoms with E-state index in [-0.39, 0.29) is 4.88 Å². The Morgan fingerprint density at radius 3 is 3.06 bits per heavy atom. The molecule has 0 aliphatic carbocycles. The van der Waals surface area contributed by atoms with Gasteiger partial charge in [0.05, 0.1) is 4.47 Å². The van der Waals surface area contributed by atoms with Crippen LogP contribution in [0.25, 0.3) is 0 Å². The van der Waals surface area contributed by atoms with Gasteiger partial charge in [0.1, 0.15) is 6.61 Å². The minimum atomic E-state index is -0.984. The number of nitrogens with zero attached hydrogens (tertiary/aromatic N) is 1. The number of halogens is 1. The molecule has 0 aliphatic rings. The molecule has 0 spiro atoms. The molecular formula is C11H8BrNO3S. The van der Waals surface area contributed by atoms with E-state index in [1.807, 2.05) is 6.07 Å². The van der Waals surface area contributed by atoms with Crippen LogP contribution in [0.5, 0.6) is 5.75 Å². The van der Waals surface area contributed by atoms with Crippen molar-refractivity contribution in [3.8, 4) is 5.75 Å². The molecular weight excluding hydrogens is 306 g/mol. The van der Waals surface area contributed by atoms with Crippen LogP contribution in [0.3, 0.4) is 0 Å². The van der Waals surface area contributed by atoms with E-state index in [0.717, 1.165) is 16.9 Å². The van der Waals surface area contributed by atoms with Crippen molar-refractivity contribution in [3.05, 3.63) is 44.8 Å². The Bertz CT molecular complexity index is 527. The van der Waals surface area contributed by atoms with E-state index in [1.54, 1.807) is 23.8 Å². The zero-order valence-electron chi connectivity index (χ0n) is 8.59. The fourth-order valence-electron chi connectivity index (χ4n) is 1.25. The minimum absolute atomic E-state index is 0.195. The SMILES string of the molecule is O=C(O)c1scc(Br)c1OCc1cccnc1. The van der Waals surface area contributed by atoms with Crippen LogP contribution in [-0.2, 0) is 6.61 Å². The molecule has 0 aliphatic heterocycles. The summed E-state index contributed by atoms with van der Waals surface area (Å²) in [5, 5.41) is 10.7. The first-order chi connectivity index (χ1) is 8.18. The molecule has 1 N–H and O–H groups in total. The third kappa shape index (κ3) is 2.83. The van der Waals surface area contributed by atoms with Gasteiger partial charge in [-0.3, -0.25) is 4.98 Å². The summed E-state index contributed by atoms with van der Waals surface area (Å²) in [6.07, 6.45) is 3.35. The lowest BCUT2D eigenvalue weighted by Gasteiger charge is -2.06. The predicted octanol–water partition coefficient (Wildman–Crippen LogP) is 3.18. The molecule has 6 heteroatoms. The van der Waals surface area contributed by atoms with Crippen molar-refractivity contribution in [2.24, 2.45) is 0 Å². The normalized spacial score (nSPS) is 10.2. The van der Waals surface area contributed by atoms with Crippen LogP contribution in [0.4, 0.5) is 0 Å². The quantitative estimate of drug-likeness (QED) is 0.941. The Hall–Kier alpha value is -1.40. The maximum Gasteiger partial charge on any atom is 0.349 e. The summed E-state index contributed by atoms with van der Waals surface area (Å²) in [4.78, 5) is 15.1. The smallest absolute Gasteiger partial charge is 0.349 e. The highest BCUT2D eigenvalue weighted by Crippen LogP contribution is 2.35. The topological polar surface area (TPSA) is 59.4 Å². The lowest BCUT2D eigenvalue weighted by Crippen LogP contribution is -2.00. The summed E-state index contributed by atoms with van der Waals surface area (Å²) in [6.45, 7) is 0.295. The van der Waals surface area contributed by atoms with Gasteiger partial charge in [0.15, 0.2) is 10.6 Å². The van der Waals surface area contributed by atoms with Crippen molar-refractivity contribution in [1.29, 1.82) is 0 Å². The van der Waals surface area contributed by atoms with E-state index in [0.29, 0.717) is 16.8 Å². The van der Waals surface area contributed by atoms with Gasteiger partial charge in [-0.2, -0.15) is 0 Å². The highest BCUT2D eigenvalue weighted by Gasteiger charge is 2.17. The number of carbonyl (C=O) groups is 1. The average molecular weight is 314 g/mol. The van der Waals surface area contributed by atoms with E-state index in [4.69, 9.17) is 9.84 Å². The molecule has 0 amide bonds. The molecule has 4 nitrogen and oxygen atoms in total. The summed E-state index contributed by atoms with van der Waals surface area (Å²) >= 11 is 4.40. The van der Waals surface area contributed by atoms with E-state index < -0.39 is 5.97 Å². The Labute approximate surface area is 110 Å². The second-order valence-electron chi connectivity index (χ2n) is 3.20. The number of aromatic nitrogens is 1. The molecule has 0 saturated heterocycles. The molecule has 0 saturated carbocycles. The van der Waals surface area contributed by atoms with Gasteiger partial charge in [0, 0.05) is 23.3 Å². The Balaban J connectivity index is 2.14. The summed E-state index contributed by atoms with van der Waals surface area (Å²) in [6, 6.07) is 3.67. The highest BCUT2D eigenvalue weighted by molar-refractivity contribution is 9.10. The number of thiophene rings is 1. The van der Waals surface area contributed by atoms with Crippen LogP contribution in [0, 0.1) is 0 Å². The number of hydrogen-bond acceptors (Lipinski definition) is 4. The summed E-state index contributed by atoms with van der Waals surface area (Å²) in [5.74, 6) is -0.617. The third-order valence-electron chi connectivity index (χ3n) is 2.00. The molecule has 2 aromatic heterocycles. The van der Waals surface area contributed by atoms with Crippen LogP contribution in [0.15, 0.2) is 34.4 Å². The van der Waals surface area contributed by atoms with Gasteiger partial charge in [-0.05, 0) is 22.0 Å². The van der Waals surface area contributed by atoms with Crippen molar-refractivity contribution in [2.45, 2.75) is 6.61 Å². The molecule has 17 heavy (non-hydrogen) atoms. The zero-order valence-corrected chi connectivity index (χ0v) is 11.0. The number of carboxylic acid groups (broad SMARTS) is 1. The Morgan fingerprint density at radius 2 is 2.41 bits per heavy atom. The van der Waals surface area contributed by atoms with Crippen LogP contribution >= 0.6 is 27.3 Å². The summed E-state index contributed by atoms with van der Waals surface area (Å²) in [7, 11) is 0. The molecule has 0 atom stereocenters. The average Bonchev–Trinajstić information content (AvgIpc) is 2.69. The number of pyridine rings is 1. The van der Waals surface area contributed by atoms with Crippen LogP contribution in [-0.4, -0.2) is 16.1 Å².